The van der Waals surface area contributed by atoms with Crippen molar-refractivity contribution >= 4 is 6.29 Å². The number of para-hydroxylation sites is 1. The summed E-state index contributed by atoms with van der Waals surface area (Å²) in [7, 11) is 0. The lowest BCUT2D eigenvalue weighted by Crippen LogP contribution is -2.11. The number of aldehydes is 1. The quantitative estimate of drug-likeness (QED) is 0.543. The normalized spacial score (nSPS) is 10.6. The average molecular weight is 240 g/mol. The first-order chi connectivity index (χ1) is 8.15. The van der Waals surface area contributed by atoms with Crippen molar-refractivity contribution < 1.29 is 18.7 Å². The van der Waals surface area contributed by atoms with Crippen LogP contribution in [-0.2, 0) is 4.74 Å². The fourth-order valence-corrected chi connectivity index (χ4v) is 1.29. The molecule has 0 saturated carbocycles. The van der Waals surface area contributed by atoms with E-state index in [9.17, 15) is 9.18 Å². The van der Waals surface area contributed by atoms with Crippen LogP contribution in [0.4, 0.5) is 4.39 Å². The number of halogens is 1. The molecule has 94 valence electrons. The Labute approximate surface area is 101 Å². The topological polar surface area (TPSA) is 35.5 Å². The molecule has 17 heavy (non-hydrogen) atoms. The average Bonchev–Trinajstić information content (AvgIpc) is 2.30. The van der Waals surface area contributed by atoms with Gasteiger partial charge in [-0.15, -0.1) is 0 Å². The Bertz CT molecular complexity index is 364. The van der Waals surface area contributed by atoms with Gasteiger partial charge in [0.05, 0.1) is 12.2 Å². The van der Waals surface area contributed by atoms with Gasteiger partial charge in [-0.05, 0) is 18.1 Å². The van der Waals surface area contributed by atoms with Gasteiger partial charge in [-0.1, -0.05) is 19.9 Å². The number of hydrogen-bond acceptors (Lipinski definition) is 3. The molecular formula is C13H17FO3. The van der Waals surface area contributed by atoms with Gasteiger partial charge in [0, 0.05) is 6.61 Å². The lowest BCUT2D eigenvalue weighted by Gasteiger charge is -2.10. The first-order valence-electron chi connectivity index (χ1n) is 5.59. The summed E-state index contributed by atoms with van der Waals surface area (Å²) in [6.45, 7) is 5.34. The Morgan fingerprint density at radius 2 is 2.12 bits per heavy atom. The molecule has 0 bridgehead atoms. The molecule has 0 aromatic heterocycles. The molecule has 4 heteroatoms. The molecule has 0 atom stereocenters. The van der Waals surface area contributed by atoms with Gasteiger partial charge in [-0.3, -0.25) is 4.79 Å². The highest BCUT2D eigenvalue weighted by Gasteiger charge is 2.08. The first kappa shape index (κ1) is 13.6. The van der Waals surface area contributed by atoms with E-state index in [1.54, 1.807) is 0 Å². The van der Waals surface area contributed by atoms with E-state index in [-0.39, 0.29) is 17.9 Å². The van der Waals surface area contributed by atoms with Crippen LogP contribution < -0.4 is 4.74 Å². The zero-order valence-electron chi connectivity index (χ0n) is 10.1. The molecule has 0 aliphatic heterocycles. The molecule has 0 heterocycles. The van der Waals surface area contributed by atoms with E-state index in [0.717, 1.165) is 0 Å². The molecule has 1 aromatic rings. The summed E-state index contributed by atoms with van der Waals surface area (Å²) in [6.07, 6.45) is 0.577. The molecule has 3 nitrogen and oxygen atoms in total. The Kier molecular flexibility index (Phi) is 5.63. The largest absolute Gasteiger partial charge is 0.487 e. The lowest BCUT2D eigenvalue weighted by atomic mass is 10.2. The molecule has 0 spiro atoms. The number of hydrogen-bond donors (Lipinski definition) is 0. The second kappa shape index (κ2) is 7.01. The van der Waals surface area contributed by atoms with Gasteiger partial charge < -0.3 is 9.47 Å². The molecule has 0 aliphatic rings. The van der Waals surface area contributed by atoms with Crippen molar-refractivity contribution in [3.8, 4) is 5.75 Å². The Morgan fingerprint density at radius 3 is 2.76 bits per heavy atom. The maximum Gasteiger partial charge on any atom is 0.165 e. The third kappa shape index (κ3) is 4.53. The SMILES string of the molecule is CC(C)COCCOc1c(F)cccc1C=O. The Balaban J connectivity index is 2.43. The van der Waals surface area contributed by atoms with Gasteiger partial charge in [0.2, 0.25) is 0 Å². The van der Waals surface area contributed by atoms with Crippen LogP contribution in [0.1, 0.15) is 24.2 Å². The van der Waals surface area contributed by atoms with E-state index in [0.29, 0.717) is 25.4 Å². The van der Waals surface area contributed by atoms with Gasteiger partial charge in [0.15, 0.2) is 17.9 Å². The van der Waals surface area contributed by atoms with Crippen molar-refractivity contribution in [1.82, 2.24) is 0 Å². The molecule has 1 rings (SSSR count). The van der Waals surface area contributed by atoms with Crippen molar-refractivity contribution in [3.05, 3.63) is 29.6 Å². The van der Waals surface area contributed by atoms with Gasteiger partial charge >= 0.3 is 0 Å². The fourth-order valence-electron chi connectivity index (χ4n) is 1.29. The van der Waals surface area contributed by atoms with E-state index < -0.39 is 5.82 Å². The van der Waals surface area contributed by atoms with E-state index in [2.05, 4.69) is 0 Å². The van der Waals surface area contributed by atoms with Crippen molar-refractivity contribution in [2.24, 2.45) is 5.92 Å². The molecule has 0 N–H and O–H groups in total. The standard InChI is InChI=1S/C13H17FO3/c1-10(2)9-16-6-7-17-13-11(8-15)4-3-5-12(13)14/h3-5,8,10H,6-7,9H2,1-2H3. The lowest BCUT2D eigenvalue weighted by molar-refractivity contribution is 0.0802. The Morgan fingerprint density at radius 1 is 1.35 bits per heavy atom. The molecule has 0 radical (unpaired) electrons. The molecule has 1 aromatic carbocycles. The van der Waals surface area contributed by atoms with Gasteiger partial charge in [-0.2, -0.15) is 0 Å². The predicted octanol–water partition coefficient (Wildman–Crippen LogP) is 2.69. The summed E-state index contributed by atoms with van der Waals surface area (Å²) in [4.78, 5) is 10.7. The highest BCUT2D eigenvalue weighted by molar-refractivity contribution is 5.79. The van der Waals surface area contributed by atoms with Crippen molar-refractivity contribution in [1.29, 1.82) is 0 Å². The minimum Gasteiger partial charge on any atom is -0.487 e. The van der Waals surface area contributed by atoms with Crippen LogP contribution in [0.15, 0.2) is 18.2 Å². The van der Waals surface area contributed by atoms with E-state index >= 15 is 0 Å². The van der Waals surface area contributed by atoms with E-state index in [1.807, 2.05) is 13.8 Å². The number of ether oxygens (including phenoxy) is 2. The smallest absolute Gasteiger partial charge is 0.165 e. The zero-order chi connectivity index (χ0) is 12.7. The van der Waals surface area contributed by atoms with Crippen LogP contribution in [0.3, 0.4) is 0 Å². The van der Waals surface area contributed by atoms with Crippen LogP contribution in [0.5, 0.6) is 5.75 Å². The third-order valence-corrected chi connectivity index (χ3v) is 2.05. The maximum absolute atomic E-state index is 13.3. The highest BCUT2D eigenvalue weighted by atomic mass is 19.1. The summed E-state index contributed by atoms with van der Waals surface area (Å²) in [6, 6.07) is 4.25. The molecule has 0 saturated heterocycles. The van der Waals surface area contributed by atoms with Gasteiger partial charge in [0.25, 0.3) is 0 Å². The molecule has 0 aliphatic carbocycles. The Hall–Kier alpha value is -1.42. The van der Waals surface area contributed by atoms with E-state index in [4.69, 9.17) is 9.47 Å². The first-order valence-corrected chi connectivity index (χ1v) is 5.59. The zero-order valence-corrected chi connectivity index (χ0v) is 10.1. The number of carbonyl (C=O) groups is 1. The maximum atomic E-state index is 13.3. The van der Waals surface area contributed by atoms with Gasteiger partial charge in [0.1, 0.15) is 6.61 Å². The van der Waals surface area contributed by atoms with Crippen LogP contribution >= 0.6 is 0 Å². The van der Waals surface area contributed by atoms with Crippen molar-refractivity contribution in [2.75, 3.05) is 19.8 Å². The third-order valence-electron chi connectivity index (χ3n) is 2.05. The fraction of sp³-hybridized carbons (Fsp3) is 0.462. The second-order valence-electron chi connectivity index (χ2n) is 4.09. The summed E-state index contributed by atoms with van der Waals surface area (Å²) in [5.74, 6) is -0.0805. The monoisotopic (exact) mass is 240 g/mol. The van der Waals surface area contributed by atoms with Gasteiger partial charge in [-0.25, -0.2) is 4.39 Å². The second-order valence-corrected chi connectivity index (χ2v) is 4.09. The molecule has 0 amide bonds. The van der Waals surface area contributed by atoms with Crippen LogP contribution in [-0.4, -0.2) is 26.1 Å². The number of benzene rings is 1. The number of carbonyl (C=O) groups excluding carboxylic acids is 1. The minimum absolute atomic E-state index is 0.00403. The van der Waals surface area contributed by atoms with Crippen LogP contribution in [0, 0.1) is 11.7 Å². The van der Waals surface area contributed by atoms with Crippen molar-refractivity contribution in [2.45, 2.75) is 13.8 Å². The highest BCUT2D eigenvalue weighted by Crippen LogP contribution is 2.20. The molecule has 0 fully saturated rings. The predicted molar refractivity (Wildman–Crippen MR) is 62.9 cm³/mol. The van der Waals surface area contributed by atoms with Crippen LogP contribution in [0.2, 0.25) is 0 Å². The van der Waals surface area contributed by atoms with E-state index in [1.165, 1.54) is 18.2 Å². The molecule has 0 unspecified atom stereocenters. The minimum atomic E-state index is -0.529. The van der Waals surface area contributed by atoms with Crippen LogP contribution in [0.25, 0.3) is 0 Å². The summed E-state index contributed by atoms with van der Waals surface area (Å²) in [5, 5.41) is 0. The summed E-state index contributed by atoms with van der Waals surface area (Å²) >= 11 is 0. The van der Waals surface area contributed by atoms with Crippen molar-refractivity contribution in [3.63, 3.8) is 0 Å². The molecular weight excluding hydrogens is 223 g/mol. The summed E-state index contributed by atoms with van der Waals surface area (Å²) in [5.41, 5.74) is 0.217. The summed E-state index contributed by atoms with van der Waals surface area (Å²) < 4.78 is 23.9. The number of rotatable bonds is 7.